The summed E-state index contributed by atoms with van der Waals surface area (Å²) in [7, 11) is 1.60. The third-order valence-corrected chi connectivity index (χ3v) is 1.99. The van der Waals surface area contributed by atoms with Crippen molar-refractivity contribution in [3.8, 4) is 5.75 Å². The molecule has 14 heavy (non-hydrogen) atoms. The number of hydrogen-bond donors (Lipinski definition) is 0. The second-order valence-electron chi connectivity index (χ2n) is 3.75. The molecule has 0 saturated heterocycles. The Balaban J connectivity index is 2.79. The highest BCUT2D eigenvalue weighted by Crippen LogP contribution is 2.15. The molecule has 1 aromatic carbocycles. The summed E-state index contributed by atoms with van der Waals surface area (Å²) in [6, 6.07) is 7.29. The number of benzene rings is 1. The Bertz CT molecular complexity index is 316. The predicted octanol–water partition coefficient (Wildman–Crippen LogP) is 2.92. The van der Waals surface area contributed by atoms with Crippen molar-refractivity contribution in [2.75, 3.05) is 7.11 Å². The van der Waals surface area contributed by atoms with Gasteiger partial charge in [0.25, 0.3) is 0 Å². The van der Waals surface area contributed by atoms with E-state index in [4.69, 9.17) is 4.74 Å². The minimum absolute atomic E-state index is 0.180. The highest BCUT2D eigenvalue weighted by molar-refractivity contribution is 5.96. The molecule has 0 atom stereocenters. The minimum atomic E-state index is 0.180. The quantitative estimate of drug-likeness (QED) is 0.685. The third-order valence-electron chi connectivity index (χ3n) is 1.99. The van der Waals surface area contributed by atoms with Crippen molar-refractivity contribution in [1.82, 2.24) is 0 Å². The summed E-state index contributed by atoms with van der Waals surface area (Å²) >= 11 is 0. The van der Waals surface area contributed by atoms with E-state index in [0.29, 0.717) is 12.3 Å². The van der Waals surface area contributed by atoms with Crippen LogP contribution in [0.25, 0.3) is 0 Å². The van der Waals surface area contributed by atoms with Gasteiger partial charge in [0.1, 0.15) is 5.75 Å². The average Bonchev–Trinajstić information content (AvgIpc) is 2.17. The van der Waals surface area contributed by atoms with Gasteiger partial charge in [0.15, 0.2) is 5.78 Å². The molecular formula is C12H16O2. The van der Waals surface area contributed by atoms with Crippen LogP contribution in [-0.2, 0) is 0 Å². The molecule has 76 valence electrons. The average molecular weight is 192 g/mol. The van der Waals surface area contributed by atoms with Crippen LogP contribution in [0.5, 0.6) is 5.75 Å². The molecule has 2 nitrogen and oxygen atoms in total. The highest BCUT2D eigenvalue weighted by Gasteiger charge is 2.08. The maximum Gasteiger partial charge on any atom is 0.163 e. The van der Waals surface area contributed by atoms with E-state index in [2.05, 4.69) is 0 Å². The molecule has 0 bridgehead atoms. The Labute approximate surface area is 84.9 Å². The van der Waals surface area contributed by atoms with E-state index >= 15 is 0 Å². The largest absolute Gasteiger partial charge is 0.497 e. The number of methoxy groups -OCH3 is 1. The Morgan fingerprint density at radius 1 is 1.43 bits per heavy atom. The van der Waals surface area contributed by atoms with E-state index in [1.54, 1.807) is 13.2 Å². The molecule has 1 aromatic rings. The van der Waals surface area contributed by atoms with Gasteiger partial charge in [-0.3, -0.25) is 4.79 Å². The molecule has 0 radical (unpaired) electrons. The van der Waals surface area contributed by atoms with Crippen molar-refractivity contribution >= 4 is 5.78 Å². The zero-order valence-corrected chi connectivity index (χ0v) is 8.91. The second-order valence-corrected chi connectivity index (χ2v) is 3.75. The van der Waals surface area contributed by atoms with E-state index in [0.717, 1.165) is 11.3 Å². The first-order valence-corrected chi connectivity index (χ1v) is 4.80. The molecule has 0 aliphatic heterocycles. The molecule has 0 N–H and O–H groups in total. The monoisotopic (exact) mass is 192 g/mol. The third kappa shape index (κ3) is 2.87. The molecule has 0 amide bonds. The SMILES string of the molecule is COc1cccc(C(=O)CC(C)C)c1. The van der Waals surface area contributed by atoms with Crippen molar-refractivity contribution in [3.05, 3.63) is 29.8 Å². The topological polar surface area (TPSA) is 26.3 Å². The molecule has 0 unspecified atom stereocenters. The van der Waals surface area contributed by atoms with Gasteiger partial charge in [-0.25, -0.2) is 0 Å². The fraction of sp³-hybridized carbons (Fsp3) is 0.417. The lowest BCUT2D eigenvalue weighted by atomic mass is 10.0. The smallest absolute Gasteiger partial charge is 0.163 e. The molecule has 0 spiro atoms. The lowest BCUT2D eigenvalue weighted by Crippen LogP contribution is -2.03. The van der Waals surface area contributed by atoms with Crippen LogP contribution in [0.1, 0.15) is 30.6 Å². The summed E-state index contributed by atoms with van der Waals surface area (Å²) in [4.78, 5) is 11.7. The maximum atomic E-state index is 11.7. The van der Waals surface area contributed by atoms with Crippen molar-refractivity contribution < 1.29 is 9.53 Å². The van der Waals surface area contributed by atoms with Gasteiger partial charge in [-0.15, -0.1) is 0 Å². The zero-order chi connectivity index (χ0) is 10.6. The van der Waals surface area contributed by atoms with Gasteiger partial charge in [-0.05, 0) is 18.1 Å². The summed E-state index contributed by atoms with van der Waals surface area (Å²) in [5.41, 5.74) is 0.734. The van der Waals surface area contributed by atoms with Crippen LogP contribution in [-0.4, -0.2) is 12.9 Å². The van der Waals surface area contributed by atoms with Crippen LogP contribution in [0.15, 0.2) is 24.3 Å². The second kappa shape index (κ2) is 4.80. The van der Waals surface area contributed by atoms with Crippen LogP contribution in [0.2, 0.25) is 0 Å². The molecule has 0 fully saturated rings. The van der Waals surface area contributed by atoms with E-state index in [-0.39, 0.29) is 5.78 Å². The number of carbonyl (C=O) groups excluding carboxylic acids is 1. The lowest BCUT2D eigenvalue weighted by Gasteiger charge is -2.05. The van der Waals surface area contributed by atoms with Crippen molar-refractivity contribution in [1.29, 1.82) is 0 Å². The van der Waals surface area contributed by atoms with Gasteiger partial charge in [-0.1, -0.05) is 26.0 Å². The summed E-state index contributed by atoms with van der Waals surface area (Å²) in [6.45, 7) is 4.08. The Hall–Kier alpha value is -1.31. The Morgan fingerprint density at radius 2 is 2.14 bits per heavy atom. The summed E-state index contributed by atoms with van der Waals surface area (Å²) in [6.07, 6.45) is 0.590. The van der Waals surface area contributed by atoms with Gasteiger partial charge in [0, 0.05) is 12.0 Å². The molecule has 0 heterocycles. The summed E-state index contributed by atoms with van der Waals surface area (Å²) in [5.74, 6) is 1.31. The highest BCUT2D eigenvalue weighted by atomic mass is 16.5. The lowest BCUT2D eigenvalue weighted by molar-refractivity contribution is 0.0967. The molecule has 0 aliphatic rings. The van der Waals surface area contributed by atoms with Crippen LogP contribution in [0, 0.1) is 5.92 Å². The molecule has 1 rings (SSSR count). The summed E-state index contributed by atoms with van der Waals surface area (Å²) < 4.78 is 5.06. The van der Waals surface area contributed by atoms with Gasteiger partial charge >= 0.3 is 0 Å². The standard InChI is InChI=1S/C12H16O2/c1-9(2)7-12(13)10-5-4-6-11(8-10)14-3/h4-6,8-9H,7H2,1-3H3. The number of Topliss-reactive ketones (excluding diaryl/α,β-unsaturated/α-hetero) is 1. The Morgan fingerprint density at radius 3 is 2.71 bits per heavy atom. The first kappa shape index (κ1) is 10.8. The normalized spacial score (nSPS) is 10.3. The van der Waals surface area contributed by atoms with E-state index < -0.39 is 0 Å². The predicted molar refractivity (Wildman–Crippen MR) is 56.8 cm³/mol. The number of ketones is 1. The van der Waals surface area contributed by atoms with E-state index in [1.807, 2.05) is 32.0 Å². The zero-order valence-electron chi connectivity index (χ0n) is 8.91. The van der Waals surface area contributed by atoms with Crippen LogP contribution in [0.4, 0.5) is 0 Å². The van der Waals surface area contributed by atoms with Crippen LogP contribution >= 0.6 is 0 Å². The van der Waals surface area contributed by atoms with Gasteiger partial charge < -0.3 is 4.74 Å². The fourth-order valence-electron chi connectivity index (χ4n) is 1.29. The molecule has 0 saturated carbocycles. The van der Waals surface area contributed by atoms with Gasteiger partial charge in [0.2, 0.25) is 0 Å². The van der Waals surface area contributed by atoms with E-state index in [9.17, 15) is 4.79 Å². The van der Waals surface area contributed by atoms with Gasteiger partial charge in [0.05, 0.1) is 7.11 Å². The van der Waals surface area contributed by atoms with E-state index in [1.165, 1.54) is 0 Å². The Kier molecular flexibility index (Phi) is 3.69. The number of hydrogen-bond acceptors (Lipinski definition) is 2. The molecular weight excluding hydrogens is 176 g/mol. The number of ether oxygens (including phenoxy) is 1. The first-order valence-electron chi connectivity index (χ1n) is 4.80. The van der Waals surface area contributed by atoms with Crippen molar-refractivity contribution in [3.63, 3.8) is 0 Å². The summed E-state index contributed by atoms with van der Waals surface area (Å²) in [5, 5.41) is 0. The molecule has 0 aromatic heterocycles. The van der Waals surface area contributed by atoms with Crippen LogP contribution < -0.4 is 4.74 Å². The van der Waals surface area contributed by atoms with Crippen LogP contribution in [0.3, 0.4) is 0 Å². The number of rotatable bonds is 4. The molecule has 0 aliphatic carbocycles. The van der Waals surface area contributed by atoms with Crippen molar-refractivity contribution in [2.45, 2.75) is 20.3 Å². The number of carbonyl (C=O) groups is 1. The molecule has 2 heteroatoms. The minimum Gasteiger partial charge on any atom is -0.497 e. The fourth-order valence-corrected chi connectivity index (χ4v) is 1.29. The maximum absolute atomic E-state index is 11.7. The van der Waals surface area contributed by atoms with Crippen molar-refractivity contribution in [2.24, 2.45) is 5.92 Å². The van der Waals surface area contributed by atoms with Gasteiger partial charge in [-0.2, -0.15) is 0 Å². The first-order chi connectivity index (χ1) is 6.63.